The minimum Gasteiger partial charge on any atom is -0.467 e. The number of esters is 1. The second-order valence-corrected chi connectivity index (χ2v) is 5.75. The number of nitrogens with one attached hydrogen (secondary N) is 1. The Bertz CT molecular complexity index is 825. The summed E-state index contributed by atoms with van der Waals surface area (Å²) in [5, 5.41) is 2.91. The fourth-order valence-electron chi connectivity index (χ4n) is 2.46. The number of halogens is 1. The molecule has 130 valence electrons. The normalized spacial score (nSPS) is 12.7. The number of primary amides is 1. The number of ether oxygens (including phenoxy) is 3. The first-order valence-corrected chi connectivity index (χ1v) is 7.76. The van der Waals surface area contributed by atoms with Crippen molar-refractivity contribution in [2.45, 2.75) is 13.2 Å². The van der Waals surface area contributed by atoms with Crippen molar-refractivity contribution in [2.24, 2.45) is 5.73 Å². The Kier molecular flexibility index (Phi) is 5.06. The maximum atomic E-state index is 12.2. The van der Waals surface area contributed by atoms with Crippen LogP contribution in [0.5, 0.6) is 5.75 Å². The highest BCUT2D eigenvalue weighted by atomic mass is 35.5. The lowest BCUT2D eigenvalue weighted by Crippen LogP contribution is -2.19. The highest BCUT2D eigenvalue weighted by molar-refractivity contribution is 6.30. The van der Waals surface area contributed by atoms with Crippen LogP contribution in [0.4, 0.5) is 10.5 Å². The summed E-state index contributed by atoms with van der Waals surface area (Å²) in [5.41, 5.74) is 7.21. The first kappa shape index (κ1) is 17.1. The number of anilines is 1. The van der Waals surface area contributed by atoms with Crippen molar-refractivity contribution < 1.29 is 23.8 Å². The van der Waals surface area contributed by atoms with E-state index in [-0.39, 0.29) is 19.0 Å². The molecule has 0 saturated carbocycles. The molecule has 2 aromatic rings. The molecular weight excluding hydrogens is 348 g/mol. The molecule has 25 heavy (non-hydrogen) atoms. The summed E-state index contributed by atoms with van der Waals surface area (Å²) in [6, 6.07) is 9.00. The van der Waals surface area contributed by atoms with Gasteiger partial charge in [-0.3, -0.25) is 0 Å². The molecule has 0 radical (unpaired) electrons. The van der Waals surface area contributed by atoms with Crippen LogP contribution < -0.4 is 15.8 Å². The highest BCUT2D eigenvalue weighted by Crippen LogP contribution is 2.32. The van der Waals surface area contributed by atoms with Crippen LogP contribution >= 0.6 is 11.6 Å². The Hall–Kier alpha value is -2.77. The zero-order valence-electron chi connectivity index (χ0n) is 13.1. The molecule has 1 aliphatic rings. The van der Waals surface area contributed by atoms with Gasteiger partial charge in [0.25, 0.3) is 0 Å². The molecule has 3 rings (SSSR count). The molecular formula is C17H15ClN2O5. The van der Waals surface area contributed by atoms with Gasteiger partial charge in [-0.15, -0.1) is 0 Å². The third kappa shape index (κ3) is 4.20. The summed E-state index contributed by atoms with van der Waals surface area (Å²) >= 11 is 6.08. The quantitative estimate of drug-likeness (QED) is 0.814. The summed E-state index contributed by atoms with van der Waals surface area (Å²) in [5.74, 6) is 0.0708. The van der Waals surface area contributed by atoms with E-state index in [4.69, 9.17) is 31.5 Å². The number of carbonyl (C=O) groups excluding carboxylic acids is 2. The summed E-state index contributed by atoms with van der Waals surface area (Å²) in [7, 11) is 0. The van der Waals surface area contributed by atoms with Gasteiger partial charge in [-0.2, -0.15) is 0 Å². The zero-order chi connectivity index (χ0) is 17.8. The fraction of sp³-hybridized carbons (Fsp3) is 0.176. The van der Waals surface area contributed by atoms with Gasteiger partial charge in [-0.1, -0.05) is 17.7 Å². The smallest absolute Gasteiger partial charge is 0.338 e. The van der Waals surface area contributed by atoms with Gasteiger partial charge in [0.2, 0.25) is 0 Å². The van der Waals surface area contributed by atoms with E-state index >= 15 is 0 Å². The predicted octanol–water partition coefficient (Wildman–Crippen LogP) is 3.05. The predicted molar refractivity (Wildman–Crippen MR) is 90.5 cm³/mol. The van der Waals surface area contributed by atoms with Gasteiger partial charge in [0.15, 0.2) is 6.79 Å². The van der Waals surface area contributed by atoms with Gasteiger partial charge in [0.05, 0.1) is 12.2 Å². The monoisotopic (exact) mass is 362 g/mol. The van der Waals surface area contributed by atoms with Crippen LogP contribution in [0, 0.1) is 0 Å². The summed E-state index contributed by atoms with van der Waals surface area (Å²) < 4.78 is 16.0. The van der Waals surface area contributed by atoms with Crippen molar-refractivity contribution in [1.82, 2.24) is 0 Å². The van der Waals surface area contributed by atoms with Crippen molar-refractivity contribution in [2.75, 3.05) is 12.1 Å². The second kappa shape index (κ2) is 7.42. The molecule has 0 fully saturated rings. The lowest BCUT2D eigenvalue weighted by atomic mass is 10.1. The number of rotatable bonds is 4. The Morgan fingerprint density at radius 1 is 1.28 bits per heavy atom. The van der Waals surface area contributed by atoms with Crippen LogP contribution in [0.2, 0.25) is 5.02 Å². The van der Waals surface area contributed by atoms with Gasteiger partial charge >= 0.3 is 12.0 Å². The molecule has 0 unspecified atom stereocenters. The first-order chi connectivity index (χ1) is 12.0. The van der Waals surface area contributed by atoms with Crippen molar-refractivity contribution >= 4 is 29.3 Å². The molecule has 1 heterocycles. The van der Waals surface area contributed by atoms with E-state index in [1.165, 1.54) is 6.07 Å². The van der Waals surface area contributed by atoms with E-state index in [1.807, 2.05) is 0 Å². The maximum Gasteiger partial charge on any atom is 0.338 e. The van der Waals surface area contributed by atoms with Crippen LogP contribution in [0.1, 0.15) is 21.5 Å². The van der Waals surface area contributed by atoms with Crippen molar-refractivity contribution in [3.63, 3.8) is 0 Å². The van der Waals surface area contributed by atoms with Gasteiger partial charge in [0, 0.05) is 21.8 Å². The van der Waals surface area contributed by atoms with E-state index in [2.05, 4.69) is 5.32 Å². The van der Waals surface area contributed by atoms with Crippen molar-refractivity contribution in [3.8, 4) is 5.75 Å². The van der Waals surface area contributed by atoms with Crippen LogP contribution in [0.3, 0.4) is 0 Å². The Morgan fingerprint density at radius 2 is 2.12 bits per heavy atom. The second-order valence-electron chi connectivity index (χ2n) is 5.31. The van der Waals surface area contributed by atoms with E-state index in [0.717, 1.165) is 5.56 Å². The molecule has 0 spiro atoms. The first-order valence-electron chi connectivity index (χ1n) is 7.38. The minimum atomic E-state index is -0.713. The number of hydrogen-bond donors (Lipinski definition) is 2. The number of urea groups is 1. The van der Waals surface area contributed by atoms with Crippen LogP contribution in [-0.2, 0) is 22.7 Å². The van der Waals surface area contributed by atoms with Crippen LogP contribution in [0.15, 0.2) is 36.4 Å². The van der Waals surface area contributed by atoms with Crippen LogP contribution in [-0.4, -0.2) is 18.8 Å². The van der Waals surface area contributed by atoms with Gasteiger partial charge in [-0.25, -0.2) is 9.59 Å². The number of fused-ring (bicyclic) bond motifs is 1. The van der Waals surface area contributed by atoms with Gasteiger partial charge in [0.1, 0.15) is 12.4 Å². The number of amides is 2. The molecule has 0 atom stereocenters. The molecule has 0 aliphatic carbocycles. The molecule has 0 bridgehead atoms. The summed E-state index contributed by atoms with van der Waals surface area (Å²) in [4.78, 5) is 23.1. The van der Waals surface area contributed by atoms with Crippen molar-refractivity contribution in [1.29, 1.82) is 0 Å². The molecule has 2 aromatic carbocycles. The van der Waals surface area contributed by atoms with Crippen molar-refractivity contribution in [3.05, 3.63) is 58.1 Å². The molecule has 1 aliphatic heterocycles. The average Bonchev–Trinajstić information content (AvgIpc) is 2.59. The van der Waals surface area contributed by atoms with Gasteiger partial charge < -0.3 is 25.3 Å². The van der Waals surface area contributed by atoms with Crippen LogP contribution in [0.25, 0.3) is 0 Å². The lowest BCUT2D eigenvalue weighted by Gasteiger charge is -2.21. The topological polar surface area (TPSA) is 99.9 Å². The molecule has 0 saturated heterocycles. The number of hydrogen-bond acceptors (Lipinski definition) is 5. The Morgan fingerprint density at radius 3 is 2.92 bits per heavy atom. The molecule has 0 aromatic heterocycles. The Labute approximate surface area is 148 Å². The number of benzene rings is 2. The largest absolute Gasteiger partial charge is 0.467 e. The summed E-state index contributed by atoms with van der Waals surface area (Å²) in [6.45, 7) is 0.517. The third-order valence-electron chi connectivity index (χ3n) is 3.48. The zero-order valence-corrected chi connectivity index (χ0v) is 13.8. The lowest BCUT2D eigenvalue weighted by molar-refractivity contribution is -0.0180. The molecule has 7 nitrogen and oxygen atoms in total. The van der Waals surface area contributed by atoms with E-state index in [0.29, 0.717) is 28.6 Å². The van der Waals surface area contributed by atoms with E-state index in [1.54, 1.807) is 30.3 Å². The number of carbonyl (C=O) groups is 2. The third-order valence-corrected chi connectivity index (χ3v) is 3.69. The standard InChI is InChI=1S/C17H15ClN2O5/c18-13-4-11-7-23-9-25-15(11)12(5-13)8-24-16(21)10-2-1-3-14(6-10)20-17(19)22/h1-6H,7-9H2,(H3,19,20,22). The molecule has 2 amide bonds. The summed E-state index contributed by atoms with van der Waals surface area (Å²) in [6.07, 6.45) is 0. The average molecular weight is 363 g/mol. The van der Waals surface area contributed by atoms with E-state index in [9.17, 15) is 9.59 Å². The maximum absolute atomic E-state index is 12.2. The number of nitrogens with two attached hydrogens (primary N) is 1. The molecule has 8 heteroatoms. The molecule has 3 N–H and O–H groups in total. The Balaban J connectivity index is 1.73. The highest BCUT2D eigenvalue weighted by Gasteiger charge is 2.18. The minimum absolute atomic E-state index is 0.00476. The van der Waals surface area contributed by atoms with E-state index < -0.39 is 12.0 Å². The SMILES string of the molecule is NC(=O)Nc1cccc(C(=O)OCc2cc(Cl)cc3c2OCOC3)c1. The fourth-order valence-corrected chi connectivity index (χ4v) is 2.72. The van der Waals surface area contributed by atoms with Gasteiger partial charge in [-0.05, 0) is 30.3 Å².